The minimum Gasteiger partial charge on any atom is -0.337 e. The molecule has 1 aromatic carbocycles. The molecular formula is C15H14N4O. The van der Waals surface area contributed by atoms with Crippen molar-refractivity contribution in [2.75, 3.05) is 0 Å². The normalized spacial score (nSPS) is 14.8. The van der Waals surface area contributed by atoms with E-state index in [1.54, 1.807) is 0 Å². The first-order chi connectivity index (χ1) is 9.88. The van der Waals surface area contributed by atoms with E-state index in [0.717, 1.165) is 16.6 Å². The third-order valence-electron chi connectivity index (χ3n) is 3.41. The highest BCUT2D eigenvalue weighted by Crippen LogP contribution is 2.20. The summed E-state index contributed by atoms with van der Waals surface area (Å²) in [6.07, 6.45) is 2.49. The molecule has 1 saturated carbocycles. The third-order valence-corrected chi connectivity index (χ3v) is 3.41. The number of nitrogens with one attached hydrogen (secondary N) is 1. The molecule has 1 N–H and O–H groups in total. The van der Waals surface area contributed by atoms with Crippen LogP contribution in [0.1, 0.15) is 18.7 Å². The van der Waals surface area contributed by atoms with Gasteiger partial charge in [-0.05, 0) is 25.0 Å². The Balaban J connectivity index is 1.60. The van der Waals surface area contributed by atoms with Gasteiger partial charge in [0.1, 0.15) is 5.69 Å². The monoisotopic (exact) mass is 266 g/mol. The Morgan fingerprint density at radius 3 is 2.90 bits per heavy atom. The minimum atomic E-state index is 0.545. The lowest BCUT2D eigenvalue weighted by atomic mass is 10.2. The number of nitrogens with zero attached hydrogens (tertiary/aromatic N) is 3. The number of rotatable bonds is 4. The van der Waals surface area contributed by atoms with Crippen LogP contribution in [0.5, 0.6) is 0 Å². The van der Waals surface area contributed by atoms with Crippen LogP contribution in [0.3, 0.4) is 0 Å². The van der Waals surface area contributed by atoms with E-state index < -0.39 is 0 Å². The topological polar surface area (TPSA) is 63.8 Å². The molecule has 0 amide bonds. The van der Waals surface area contributed by atoms with Gasteiger partial charge in [-0.15, -0.1) is 0 Å². The van der Waals surface area contributed by atoms with Crippen LogP contribution in [0, 0.1) is 0 Å². The zero-order valence-electron chi connectivity index (χ0n) is 10.9. The SMILES string of the molecule is c1ccc2nc(-c3noc(CNC4CC4)n3)ccc2c1. The first-order valence-corrected chi connectivity index (χ1v) is 6.81. The maximum absolute atomic E-state index is 5.25. The summed E-state index contributed by atoms with van der Waals surface area (Å²) < 4.78 is 5.25. The Labute approximate surface area is 116 Å². The number of para-hydroxylation sites is 1. The van der Waals surface area contributed by atoms with Gasteiger partial charge in [0.15, 0.2) is 0 Å². The van der Waals surface area contributed by atoms with E-state index in [9.17, 15) is 0 Å². The van der Waals surface area contributed by atoms with Gasteiger partial charge >= 0.3 is 0 Å². The number of aromatic nitrogens is 3. The van der Waals surface area contributed by atoms with Gasteiger partial charge in [0, 0.05) is 11.4 Å². The predicted molar refractivity (Wildman–Crippen MR) is 74.9 cm³/mol. The molecule has 1 aliphatic rings. The van der Waals surface area contributed by atoms with Gasteiger partial charge in [-0.25, -0.2) is 4.98 Å². The number of hydrogen-bond acceptors (Lipinski definition) is 5. The molecule has 5 heteroatoms. The molecule has 0 spiro atoms. The van der Waals surface area contributed by atoms with Crippen LogP contribution >= 0.6 is 0 Å². The van der Waals surface area contributed by atoms with Gasteiger partial charge in [-0.1, -0.05) is 29.4 Å². The Morgan fingerprint density at radius 1 is 1.10 bits per heavy atom. The number of pyridine rings is 1. The molecule has 0 aliphatic heterocycles. The van der Waals surface area contributed by atoms with E-state index in [0.29, 0.717) is 24.3 Å². The summed E-state index contributed by atoms with van der Waals surface area (Å²) in [6.45, 7) is 0.630. The van der Waals surface area contributed by atoms with Gasteiger partial charge in [0.05, 0.1) is 12.1 Å². The van der Waals surface area contributed by atoms with Crippen molar-refractivity contribution in [3.05, 3.63) is 42.3 Å². The number of hydrogen-bond donors (Lipinski definition) is 1. The number of benzene rings is 1. The summed E-state index contributed by atoms with van der Waals surface area (Å²) in [5, 5.41) is 8.46. The summed E-state index contributed by atoms with van der Waals surface area (Å²) in [7, 11) is 0. The fourth-order valence-electron chi connectivity index (χ4n) is 2.14. The molecule has 1 aliphatic carbocycles. The lowest BCUT2D eigenvalue weighted by Gasteiger charge is -1.98. The van der Waals surface area contributed by atoms with Crippen LogP contribution in [-0.2, 0) is 6.54 Å². The summed E-state index contributed by atoms with van der Waals surface area (Å²) in [4.78, 5) is 8.95. The maximum atomic E-state index is 5.25. The molecule has 0 bridgehead atoms. The highest BCUT2D eigenvalue weighted by Gasteiger charge is 2.21. The van der Waals surface area contributed by atoms with E-state index >= 15 is 0 Å². The molecule has 3 aromatic rings. The molecule has 2 aromatic heterocycles. The summed E-state index contributed by atoms with van der Waals surface area (Å²) >= 11 is 0. The quantitative estimate of drug-likeness (QED) is 0.786. The maximum Gasteiger partial charge on any atom is 0.240 e. The van der Waals surface area contributed by atoms with Crippen molar-refractivity contribution < 1.29 is 4.52 Å². The Bertz CT molecular complexity index is 748. The van der Waals surface area contributed by atoms with E-state index in [-0.39, 0.29) is 0 Å². The molecule has 0 atom stereocenters. The van der Waals surface area contributed by atoms with Crippen molar-refractivity contribution in [3.63, 3.8) is 0 Å². The van der Waals surface area contributed by atoms with Crippen molar-refractivity contribution in [1.82, 2.24) is 20.4 Å². The van der Waals surface area contributed by atoms with E-state index in [4.69, 9.17) is 4.52 Å². The second-order valence-electron chi connectivity index (χ2n) is 5.06. The molecule has 0 unspecified atom stereocenters. The van der Waals surface area contributed by atoms with Crippen molar-refractivity contribution in [1.29, 1.82) is 0 Å². The average molecular weight is 266 g/mol. The molecule has 1 fully saturated rings. The van der Waals surface area contributed by atoms with Crippen molar-refractivity contribution in [2.24, 2.45) is 0 Å². The molecule has 4 rings (SSSR count). The second kappa shape index (κ2) is 4.68. The second-order valence-corrected chi connectivity index (χ2v) is 5.06. The molecule has 2 heterocycles. The van der Waals surface area contributed by atoms with E-state index in [1.807, 2.05) is 36.4 Å². The van der Waals surface area contributed by atoms with Crippen LogP contribution < -0.4 is 5.32 Å². The Kier molecular flexibility index (Phi) is 2.70. The molecular weight excluding hydrogens is 252 g/mol. The summed E-state index contributed by atoms with van der Waals surface area (Å²) in [5.74, 6) is 1.16. The lowest BCUT2D eigenvalue weighted by molar-refractivity contribution is 0.367. The predicted octanol–water partition coefficient (Wildman–Crippen LogP) is 2.54. The molecule has 5 nitrogen and oxygen atoms in total. The lowest BCUT2D eigenvalue weighted by Crippen LogP contribution is -2.15. The fourth-order valence-corrected chi connectivity index (χ4v) is 2.14. The van der Waals surface area contributed by atoms with Crippen LogP contribution in [-0.4, -0.2) is 21.2 Å². The minimum absolute atomic E-state index is 0.545. The van der Waals surface area contributed by atoms with E-state index in [2.05, 4.69) is 20.4 Å². The van der Waals surface area contributed by atoms with E-state index in [1.165, 1.54) is 12.8 Å². The highest BCUT2D eigenvalue weighted by atomic mass is 16.5. The van der Waals surface area contributed by atoms with Gasteiger partial charge < -0.3 is 9.84 Å². The van der Waals surface area contributed by atoms with Crippen LogP contribution in [0.2, 0.25) is 0 Å². The van der Waals surface area contributed by atoms with Crippen molar-refractivity contribution >= 4 is 10.9 Å². The highest BCUT2D eigenvalue weighted by molar-refractivity contribution is 5.80. The molecule has 100 valence electrons. The van der Waals surface area contributed by atoms with Gasteiger partial charge in [0.25, 0.3) is 0 Å². The van der Waals surface area contributed by atoms with Crippen LogP contribution in [0.15, 0.2) is 40.9 Å². The zero-order chi connectivity index (χ0) is 13.4. The Hall–Kier alpha value is -2.27. The van der Waals surface area contributed by atoms with Crippen LogP contribution in [0.4, 0.5) is 0 Å². The van der Waals surface area contributed by atoms with Crippen molar-refractivity contribution in [2.45, 2.75) is 25.4 Å². The smallest absolute Gasteiger partial charge is 0.240 e. The first-order valence-electron chi connectivity index (χ1n) is 6.81. The first kappa shape index (κ1) is 11.5. The Morgan fingerprint density at radius 2 is 2.00 bits per heavy atom. The average Bonchev–Trinajstić information content (AvgIpc) is 3.21. The fraction of sp³-hybridized carbons (Fsp3) is 0.267. The summed E-state index contributed by atoms with van der Waals surface area (Å²) in [5.41, 5.74) is 1.68. The zero-order valence-corrected chi connectivity index (χ0v) is 10.9. The van der Waals surface area contributed by atoms with Crippen LogP contribution in [0.25, 0.3) is 22.4 Å². The van der Waals surface area contributed by atoms with Gasteiger partial charge in [-0.3, -0.25) is 0 Å². The molecule has 0 saturated heterocycles. The molecule has 20 heavy (non-hydrogen) atoms. The van der Waals surface area contributed by atoms with Crippen molar-refractivity contribution in [3.8, 4) is 11.5 Å². The van der Waals surface area contributed by atoms with Gasteiger partial charge in [0.2, 0.25) is 11.7 Å². The largest absolute Gasteiger partial charge is 0.337 e. The number of fused-ring (bicyclic) bond motifs is 1. The van der Waals surface area contributed by atoms with Gasteiger partial charge in [-0.2, -0.15) is 4.98 Å². The summed E-state index contributed by atoms with van der Waals surface area (Å²) in [6, 6.07) is 12.6. The molecule has 0 radical (unpaired) electrons. The standard InChI is InChI=1S/C15H14N4O/c1-2-4-12-10(3-1)5-8-13(17-12)15-18-14(20-19-15)9-16-11-6-7-11/h1-5,8,11,16H,6-7,9H2. The third kappa shape index (κ3) is 2.28.